The number of benzene rings is 1. The van der Waals surface area contributed by atoms with Gasteiger partial charge in [-0.05, 0) is 18.6 Å². The molecule has 0 saturated carbocycles. The molecule has 0 radical (unpaired) electrons. The molecule has 1 amide bonds. The van der Waals surface area contributed by atoms with Gasteiger partial charge in [0.25, 0.3) is 0 Å². The number of nitrogens with zero attached hydrogens (tertiary/aromatic N) is 4. The van der Waals surface area contributed by atoms with Gasteiger partial charge in [0.15, 0.2) is 0 Å². The van der Waals surface area contributed by atoms with Crippen molar-refractivity contribution < 1.29 is 4.79 Å². The van der Waals surface area contributed by atoms with Crippen LogP contribution in [0.2, 0.25) is 10.0 Å². The van der Waals surface area contributed by atoms with E-state index in [0.717, 1.165) is 29.9 Å². The largest absolute Gasteiger partial charge is 0.354 e. The SMILES string of the molecule is CC(=O)N[C@H]1CCN(c2cc(-n3ccnc3)c3ccc(Cl)c(Cl)c3n2)C1. The molecule has 0 aliphatic carbocycles. The second-order valence-electron chi connectivity index (χ2n) is 6.36. The predicted octanol–water partition coefficient (Wildman–Crippen LogP) is 3.44. The summed E-state index contributed by atoms with van der Waals surface area (Å²) in [7, 11) is 0. The van der Waals surface area contributed by atoms with Crippen LogP contribution in [0.1, 0.15) is 13.3 Å². The molecule has 6 nitrogen and oxygen atoms in total. The van der Waals surface area contributed by atoms with Gasteiger partial charge in [-0.3, -0.25) is 4.79 Å². The molecule has 0 bridgehead atoms. The number of hydrogen-bond acceptors (Lipinski definition) is 4. The van der Waals surface area contributed by atoms with Gasteiger partial charge in [0.2, 0.25) is 5.91 Å². The normalized spacial score (nSPS) is 17.0. The Kier molecular flexibility index (Phi) is 4.46. The highest BCUT2D eigenvalue weighted by Crippen LogP contribution is 2.35. The number of pyridine rings is 1. The minimum Gasteiger partial charge on any atom is -0.354 e. The third-order valence-corrected chi connectivity index (χ3v) is 5.33. The number of amides is 1. The summed E-state index contributed by atoms with van der Waals surface area (Å²) in [4.78, 5) is 22.4. The minimum atomic E-state index is -0.0164. The molecule has 8 heteroatoms. The highest BCUT2D eigenvalue weighted by atomic mass is 35.5. The van der Waals surface area contributed by atoms with Crippen molar-refractivity contribution in [3.05, 3.63) is 47.0 Å². The van der Waals surface area contributed by atoms with E-state index in [-0.39, 0.29) is 11.9 Å². The summed E-state index contributed by atoms with van der Waals surface area (Å²) in [6, 6.07) is 5.83. The fourth-order valence-corrected chi connectivity index (χ4v) is 3.71. The summed E-state index contributed by atoms with van der Waals surface area (Å²) in [5, 5.41) is 4.78. The molecule has 2 aromatic heterocycles. The summed E-state index contributed by atoms with van der Waals surface area (Å²) in [6.45, 7) is 3.06. The summed E-state index contributed by atoms with van der Waals surface area (Å²) >= 11 is 12.6. The molecular formula is C18H17Cl2N5O. The maximum atomic E-state index is 11.3. The van der Waals surface area contributed by atoms with Crippen LogP contribution in [0.3, 0.4) is 0 Å². The third-order valence-electron chi connectivity index (χ3n) is 4.54. The van der Waals surface area contributed by atoms with Crippen LogP contribution >= 0.6 is 23.2 Å². The van der Waals surface area contributed by atoms with E-state index in [9.17, 15) is 4.79 Å². The first kappa shape index (κ1) is 17.1. The van der Waals surface area contributed by atoms with Gasteiger partial charge in [0.1, 0.15) is 5.82 Å². The van der Waals surface area contributed by atoms with Crippen molar-refractivity contribution in [3.63, 3.8) is 0 Å². The molecule has 1 aliphatic rings. The molecule has 0 unspecified atom stereocenters. The van der Waals surface area contributed by atoms with Crippen molar-refractivity contribution in [3.8, 4) is 5.69 Å². The lowest BCUT2D eigenvalue weighted by Gasteiger charge is -2.20. The van der Waals surface area contributed by atoms with Gasteiger partial charge in [-0.2, -0.15) is 0 Å². The molecule has 1 aliphatic heterocycles. The van der Waals surface area contributed by atoms with Crippen molar-refractivity contribution in [2.24, 2.45) is 0 Å². The van der Waals surface area contributed by atoms with E-state index in [2.05, 4.69) is 15.2 Å². The van der Waals surface area contributed by atoms with Crippen LogP contribution in [-0.4, -0.2) is 39.6 Å². The number of anilines is 1. The molecule has 1 N–H and O–H groups in total. The van der Waals surface area contributed by atoms with Crippen LogP contribution < -0.4 is 10.2 Å². The topological polar surface area (TPSA) is 63.1 Å². The van der Waals surface area contributed by atoms with E-state index in [1.165, 1.54) is 6.92 Å². The monoisotopic (exact) mass is 389 g/mol. The molecule has 3 heterocycles. The molecule has 0 spiro atoms. The Morgan fingerprint density at radius 2 is 2.19 bits per heavy atom. The third kappa shape index (κ3) is 3.10. The molecule has 1 saturated heterocycles. The molecule has 26 heavy (non-hydrogen) atoms. The van der Waals surface area contributed by atoms with Gasteiger partial charge in [-0.25, -0.2) is 9.97 Å². The number of carbonyl (C=O) groups is 1. The smallest absolute Gasteiger partial charge is 0.217 e. The van der Waals surface area contributed by atoms with E-state index in [1.807, 2.05) is 22.9 Å². The van der Waals surface area contributed by atoms with Crippen LogP contribution in [0, 0.1) is 0 Å². The number of hydrogen-bond donors (Lipinski definition) is 1. The highest BCUT2D eigenvalue weighted by Gasteiger charge is 2.25. The van der Waals surface area contributed by atoms with Crippen LogP contribution in [0.25, 0.3) is 16.6 Å². The number of nitrogens with one attached hydrogen (secondary N) is 1. The Bertz CT molecular complexity index is 973. The van der Waals surface area contributed by atoms with Gasteiger partial charge >= 0.3 is 0 Å². The quantitative estimate of drug-likeness (QED) is 0.744. The Hall–Kier alpha value is -2.31. The average Bonchev–Trinajstić information content (AvgIpc) is 3.29. The van der Waals surface area contributed by atoms with E-state index in [1.54, 1.807) is 18.6 Å². The first-order valence-corrected chi connectivity index (χ1v) is 9.07. The van der Waals surface area contributed by atoms with Gasteiger partial charge in [0.05, 0.1) is 27.6 Å². The van der Waals surface area contributed by atoms with E-state index < -0.39 is 0 Å². The number of carbonyl (C=O) groups excluding carboxylic acids is 1. The van der Waals surface area contributed by atoms with Gasteiger partial charge in [0, 0.05) is 49.9 Å². The van der Waals surface area contributed by atoms with Gasteiger partial charge in [-0.1, -0.05) is 23.2 Å². The molecular weight excluding hydrogens is 373 g/mol. The second-order valence-corrected chi connectivity index (χ2v) is 7.14. The van der Waals surface area contributed by atoms with E-state index >= 15 is 0 Å². The maximum absolute atomic E-state index is 11.3. The Labute approximate surface area is 160 Å². The number of fused-ring (bicyclic) bond motifs is 1. The highest BCUT2D eigenvalue weighted by molar-refractivity contribution is 6.45. The fraction of sp³-hybridized carbons (Fsp3) is 0.278. The number of aromatic nitrogens is 3. The number of rotatable bonds is 3. The van der Waals surface area contributed by atoms with Crippen LogP contribution in [0.5, 0.6) is 0 Å². The fourth-order valence-electron chi connectivity index (χ4n) is 3.35. The summed E-state index contributed by atoms with van der Waals surface area (Å²) in [5.74, 6) is 0.787. The van der Waals surface area contributed by atoms with Crippen LogP contribution in [0.15, 0.2) is 36.9 Å². The summed E-state index contributed by atoms with van der Waals surface area (Å²) < 4.78 is 1.93. The molecule has 1 aromatic carbocycles. The Balaban J connectivity index is 1.81. The zero-order valence-corrected chi connectivity index (χ0v) is 15.6. The van der Waals surface area contributed by atoms with Crippen molar-refractivity contribution >= 4 is 45.8 Å². The first-order valence-electron chi connectivity index (χ1n) is 8.32. The average molecular weight is 390 g/mol. The van der Waals surface area contributed by atoms with E-state index in [0.29, 0.717) is 22.1 Å². The lowest BCUT2D eigenvalue weighted by atomic mass is 10.1. The molecule has 134 valence electrons. The van der Waals surface area contributed by atoms with Crippen molar-refractivity contribution in [2.45, 2.75) is 19.4 Å². The lowest BCUT2D eigenvalue weighted by molar-refractivity contribution is -0.119. The van der Waals surface area contributed by atoms with Crippen molar-refractivity contribution in [2.75, 3.05) is 18.0 Å². The summed E-state index contributed by atoms with van der Waals surface area (Å²) in [6.07, 6.45) is 6.23. The first-order chi connectivity index (χ1) is 12.5. The molecule has 3 aromatic rings. The molecule has 1 atom stereocenters. The van der Waals surface area contributed by atoms with Crippen LogP contribution in [-0.2, 0) is 4.79 Å². The van der Waals surface area contributed by atoms with Gasteiger partial charge < -0.3 is 14.8 Å². The minimum absolute atomic E-state index is 0.0164. The van der Waals surface area contributed by atoms with Crippen LogP contribution in [0.4, 0.5) is 5.82 Å². The predicted molar refractivity (Wildman–Crippen MR) is 103 cm³/mol. The number of imidazole rings is 1. The number of halogens is 2. The summed E-state index contributed by atoms with van der Waals surface area (Å²) in [5.41, 5.74) is 1.59. The molecule has 1 fully saturated rings. The second kappa shape index (κ2) is 6.78. The zero-order chi connectivity index (χ0) is 18.3. The zero-order valence-electron chi connectivity index (χ0n) is 14.1. The van der Waals surface area contributed by atoms with E-state index in [4.69, 9.17) is 28.2 Å². The lowest BCUT2D eigenvalue weighted by Crippen LogP contribution is -2.35. The Morgan fingerprint density at radius 1 is 1.35 bits per heavy atom. The standard InChI is InChI=1S/C18H17Cl2N5O/c1-11(26)22-12-4-6-24(9-12)16-8-15(25-7-5-21-10-25)13-2-3-14(19)17(20)18(13)23-16/h2-3,5,7-8,10,12H,4,6,9H2,1H3,(H,22,26)/t12-/m0/s1. The Morgan fingerprint density at radius 3 is 2.92 bits per heavy atom. The van der Waals surface area contributed by atoms with Crippen molar-refractivity contribution in [1.82, 2.24) is 19.9 Å². The van der Waals surface area contributed by atoms with Crippen molar-refractivity contribution in [1.29, 1.82) is 0 Å². The molecule has 4 rings (SSSR count). The van der Waals surface area contributed by atoms with Gasteiger partial charge in [-0.15, -0.1) is 0 Å². The maximum Gasteiger partial charge on any atom is 0.217 e.